The summed E-state index contributed by atoms with van der Waals surface area (Å²) in [6.07, 6.45) is 0.482. The van der Waals surface area contributed by atoms with Gasteiger partial charge in [0.25, 0.3) is 0 Å². The summed E-state index contributed by atoms with van der Waals surface area (Å²) in [5, 5.41) is 0.812. The second-order valence-corrected chi connectivity index (χ2v) is 8.61. The van der Waals surface area contributed by atoms with Crippen molar-refractivity contribution in [3.05, 3.63) is 35.0 Å². The molecule has 1 aromatic carbocycles. The summed E-state index contributed by atoms with van der Waals surface area (Å²) in [5.74, 6) is 0.413. The van der Waals surface area contributed by atoms with Crippen molar-refractivity contribution in [3.8, 4) is 5.75 Å². The summed E-state index contributed by atoms with van der Waals surface area (Å²) >= 11 is 9.81. The maximum Gasteiger partial charge on any atom is 0.338 e. The fourth-order valence-corrected chi connectivity index (χ4v) is 3.14. The predicted molar refractivity (Wildman–Crippen MR) is 93.7 cm³/mol. The molecular weight excluding hydrogens is 382 g/mol. The van der Waals surface area contributed by atoms with Crippen molar-refractivity contribution >= 4 is 44.4 Å². The SMILES string of the molecule is CCOC(=O)c1ccc2nc(C)c3c(c2c1)O[C@H]([C@@](C)(Cl)Br)C3. The third-order valence-corrected chi connectivity index (χ3v) is 4.72. The molecule has 0 saturated heterocycles. The van der Waals surface area contributed by atoms with Gasteiger partial charge in [0.15, 0.2) is 0 Å². The Morgan fingerprint density at radius 1 is 1.57 bits per heavy atom. The molecular formula is C17H17BrClNO3. The lowest BCUT2D eigenvalue weighted by atomic mass is 10.0. The standard InChI is InChI=1S/C17H17BrClNO3/c1-4-22-16(21)10-5-6-13-12(7-10)15-11(9(2)20-13)8-14(23-15)17(3,18)19/h5-7,14H,4,8H2,1-3H3/t14-,17+/m0/s1. The number of aryl methyl sites for hydroxylation is 1. The Morgan fingerprint density at radius 2 is 2.30 bits per heavy atom. The van der Waals surface area contributed by atoms with Gasteiger partial charge in [-0.05, 0) is 39.0 Å². The number of alkyl halides is 2. The Morgan fingerprint density at radius 3 is 2.96 bits per heavy atom. The topological polar surface area (TPSA) is 48.4 Å². The molecule has 122 valence electrons. The number of nitrogens with zero attached hydrogens (tertiary/aromatic N) is 1. The monoisotopic (exact) mass is 397 g/mol. The third-order valence-electron chi connectivity index (χ3n) is 3.97. The van der Waals surface area contributed by atoms with Gasteiger partial charge in [-0.2, -0.15) is 0 Å². The normalized spacial score (nSPS) is 19.1. The van der Waals surface area contributed by atoms with Crippen molar-refractivity contribution < 1.29 is 14.3 Å². The number of pyridine rings is 1. The van der Waals surface area contributed by atoms with E-state index in [0.717, 1.165) is 27.9 Å². The molecule has 0 N–H and O–H groups in total. The minimum absolute atomic E-state index is 0.198. The Kier molecular flexibility index (Phi) is 4.27. The first-order valence-electron chi connectivity index (χ1n) is 7.46. The van der Waals surface area contributed by atoms with Crippen LogP contribution in [0.15, 0.2) is 18.2 Å². The van der Waals surface area contributed by atoms with Crippen molar-refractivity contribution in [2.45, 2.75) is 37.1 Å². The van der Waals surface area contributed by atoms with Crippen LogP contribution in [0.25, 0.3) is 10.9 Å². The van der Waals surface area contributed by atoms with Crippen LogP contribution in [-0.2, 0) is 11.2 Å². The molecule has 1 aliphatic heterocycles. The Hall–Kier alpha value is -1.33. The minimum atomic E-state index is -0.663. The number of halogens is 2. The van der Waals surface area contributed by atoms with E-state index in [-0.39, 0.29) is 12.1 Å². The molecule has 0 bridgehead atoms. The summed E-state index contributed by atoms with van der Waals surface area (Å²) < 4.78 is 10.5. The smallest absolute Gasteiger partial charge is 0.338 e. The molecule has 2 aromatic rings. The average molecular weight is 399 g/mol. The molecule has 1 aromatic heterocycles. The van der Waals surface area contributed by atoms with E-state index in [9.17, 15) is 4.79 Å². The highest BCUT2D eigenvalue weighted by Crippen LogP contribution is 2.43. The summed E-state index contributed by atoms with van der Waals surface area (Å²) in [6, 6.07) is 5.32. The van der Waals surface area contributed by atoms with Crippen molar-refractivity contribution in [1.29, 1.82) is 0 Å². The van der Waals surface area contributed by atoms with E-state index >= 15 is 0 Å². The van der Waals surface area contributed by atoms with Crippen LogP contribution in [0.2, 0.25) is 0 Å². The number of rotatable bonds is 3. The lowest BCUT2D eigenvalue weighted by Gasteiger charge is -2.21. The number of carbonyl (C=O) groups is 1. The first-order valence-corrected chi connectivity index (χ1v) is 8.63. The fraction of sp³-hybridized carbons (Fsp3) is 0.412. The van der Waals surface area contributed by atoms with Crippen LogP contribution in [0.4, 0.5) is 0 Å². The molecule has 6 heteroatoms. The van der Waals surface area contributed by atoms with Gasteiger partial charge in [0.2, 0.25) is 0 Å². The lowest BCUT2D eigenvalue weighted by molar-refractivity contribution is 0.0526. The van der Waals surface area contributed by atoms with Crippen LogP contribution in [0, 0.1) is 6.92 Å². The number of fused-ring (bicyclic) bond motifs is 3. The predicted octanol–water partition coefficient (Wildman–Crippen LogP) is 4.37. The van der Waals surface area contributed by atoms with Gasteiger partial charge in [0.1, 0.15) is 15.6 Å². The number of benzene rings is 1. The van der Waals surface area contributed by atoms with Crippen molar-refractivity contribution in [2.75, 3.05) is 6.61 Å². The highest BCUT2D eigenvalue weighted by Gasteiger charge is 2.38. The Bertz CT molecular complexity index is 785. The number of ether oxygens (including phenoxy) is 2. The van der Waals surface area contributed by atoms with Gasteiger partial charge < -0.3 is 9.47 Å². The van der Waals surface area contributed by atoms with Crippen LogP contribution in [0.1, 0.15) is 35.5 Å². The zero-order valence-electron chi connectivity index (χ0n) is 13.2. The number of hydrogen-bond donors (Lipinski definition) is 0. The van der Waals surface area contributed by atoms with Crippen molar-refractivity contribution in [3.63, 3.8) is 0 Å². The highest BCUT2D eigenvalue weighted by atomic mass is 79.9. The van der Waals surface area contributed by atoms with Gasteiger partial charge in [-0.3, -0.25) is 4.98 Å². The van der Waals surface area contributed by atoms with Crippen LogP contribution in [0.5, 0.6) is 5.75 Å². The molecule has 0 saturated carbocycles. The number of esters is 1. The first-order chi connectivity index (χ1) is 10.8. The van der Waals surface area contributed by atoms with E-state index in [4.69, 9.17) is 21.1 Å². The van der Waals surface area contributed by atoms with Crippen LogP contribution >= 0.6 is 27.5 Å². The van der Waals surface area contributed by atoms with Gasteiger partial charge in [0, 0.05) is 23.1 Å². The molecule has 2 heterocycles. The maximum absolute atomic E-state index is 12.0. The zero-order chi connectivity index (χ0) is 16.8. The summed E-state index contributed by atoms with van der Waals surface area (Å²) in [6.45, 7) is 5.95. The van der Waals surface area contributed by atoms with Gasteiger partial charge in [0.05, 0.1) is 17.7 Å². The van der Waals surface area contributed by atoms with Crippen molar-refractivity contribution in [2.24, 2.45) is 0 Å². The molecule has 0 spiro atoms. The fourth-order valence-electron chi connectivity index (χ4n) is 2.76. The molecule has 1 aliphatic rings. The van der Waals surface area contributed by atoms with Gasteiger partial charge in [-0.1, -0.05) is 15.9 Å². The minimum Gasteiger partial charge on any atom is -0.486 e. The summed E-state index contributed by atoms with van der Waals surface area (Å²) in [5.41, 5.74) is 3.25. The molecule has 0 amide bonds. The molecule has 0 fully saturated rings. The molecule has 23 heavy (non-hydrogen) atoms. The first kappa shape index (κ1) is 16.5. The Labute approximate surface area is 148 Å². The van der Waals surface area contributed by atoms with Crippen LogP contribution in [0.3, 0.4) is 0 Å². The number of aromatic nitrogens is 1. The highest BCUT2D eigenvalue weighted by molar-refractivity contribution is 9.10. The average Bonchev–Trinajstić information content (AvgIpc) is 2.93. The molecule has 2 atom stereocenters. The van der Waals surface area contributed by atoms with Crippen LogP contribution in [-0.4, -0.2) is 27.4 Å². The molecule has 0 radical (unpaired) electrons. The molecule has 3 rings (SSSR count). The quantitative estimate of drug-likeness (QED) is 0.569. The second-order valence-electron chi connectivity index (χ2n) is 5.72. The van der Waals surface area contributed by atoms with E-state index in [1.807, 2.05) is 19.9 Å². The van der Waals surface area contributed by atoms with E-state index < -0.39 is 3.78 Å². The van der Waals surface area contributed by atoms with Gasteiger partial charge in [-0.15, -0.1) is 11.6 Å². The maximum atomic E-state index is 12.0. The number of hydrogen-bond acceptors (Lipinski definition) is 4. The van der Waals surface area contributed by atoms with E-state index in [1.54, 1.807) is 19.1 Å². The summed E-state index contributed by atoms with van der Waals surface area (Å²) in [7, 11) is 0. The number of carbonyl (C=O) groups excluding carboxylic acids is 1. The van der Waals surface area contributed by atoms with Gasteiger partial charge in [-0.25, -0.2) is 4.79 Å². The third kappa shape index (κ3) is 3.04. The molecule has 0 unspecified atom stereocenters. The van der Waals surface area contributed by atoms with E-state index in [0.29, 0.717) is 18.6 Å². The summed E-state index contributed by atoms with van der Waals surface area (Å²) in [4.78, 5) is 16.6. The molecule has 4 nitrogen and oxygen atoms in total. The van der Waals surface area contributed by atoms with Gasteiger partial charge >= 0.3 is 5.97 Å². The van der Waals surface area contributed by atoms with Crippen LogP contribution < -0.4 is 4.74 Å². The molecule has 0 aliphatic carbocycles. The largest absolute Gasteiger partial charge is 0.486 e. The van der Waals surface area contributed by atoms with E-state index in [2.05, 4.69) is 20.9 Å². The van der Waals surface area contributed by atoms with E-state index in [1.165, 1.54) is 0 Å². The second kappa shape index (κ2) is 5.95. The van der Waals surface area contributed by atoms with Crippen molar-refractivity contribution in [1.82, 2.24) is 4.98 Å². The zero-order valence-corrected chi connectivity index (χ0v) is 15.5. The Balaban J connectivity index is 2.11. The lowest BCUT2D eigenvalue weighted by Crippen LogP contribution is -2.31.